The molecule has 2 aromatic rings. The minimum absolute atomic E-state index is 0.102. The number of halogens is 1. The van der Waals surface area contributed by atoms with Crippen LogP contribution in [0.25, 0.3) is 5.70 Å². The van der Waals surface area contributed by atoms with Crippen molar-refractivity contribution in [3.05, 3.63) is 64.6 Å². The first-order valence-electron chi connectivity index (χ1n) is 9.57. The molecule has 0 aromatic heterocycles. The average molecular weight is 456 g/mol. The van der Waals surface area contributed by atoms with E-state index in [9.17, 15) is 9.59 Å². The molecule has 0 spiro atoms. The standard InChI is InChI=1S/C22H22BrN3O3/c1-15-17-4-2-3-5-18(17)22(28)26(15)9-8-21(27)24-19-14-16(23)6-7-20(19)25-10-12-29-13-11-25/h2-7,14H,1,8-13H2,(H,24,27). The van der Waals surface area contributed by atoms with Crippen molar-refractivity contribution in [1.82, 2.24) is 4.90 Å². The highest BCUT2D eigenvalue weighted by Crippen LogP contribution is 2.32. The van der Waals surface area contributed by atoms with Crippen LogP contribution in [0.3, 0.4) is 0 Å². The molecule has 2 aliphatic rings. The van der Waals surface area contributed by atoms with Crippen LogP contribution < -0.4 is 10.2 Å². The molecule has 0 aliphatic carbocycles. The number of ether oxygens (including phenoxy) is 1. The number of anilines is 2. The second-order valence-electron chi connectivity index (χ2n) is 7.01. The van der Waals surface area contributed by atoms with Gasteiger partial charge in [0.25, 0.3) is 5.91 Å². The van der Waals surface area contributed by atoms with Crippen LogP contribution >= 0.6 is 15.9 Å². The van der Waals surface area contributed by atoms with Crippen LogP contribution in [0.15, 0.2) is 53.5 Å². The maximum absolute atomic E-state index is 12.7. The SMILES string of the molecule is C=C1c2ccccc2C(=O)N1CCC(=O)Nc1cc(Br)ccc1N1CCOCC1. The van der Waals surface area contributed by atoms with Crippen molar-refractivity contribution >= 4 is 44.8 Å². The fraction of sp³-hybridized carbons (Fsp3) is 0.273. The van der Waals surface area contributed by atoms with Gasteiger partial charge in [-0.05, 0) is 24.3 Å². The molecule has 2 amide bonds. The number of carbonyl (C=O) groups excluding carboxylic acids is 2. The maximum atomic E-state index is 12.7. The highest BCUT2D eigenvalue weighted by Gasteiger charge is 2.30. The number of amides is 2. The van der Waals surface area contributed by atoms with Gasteiger partial charge in [-0.3, -0.25) is 9.59 Å². The van der Waals surface area contributed by atoms with E-state index >= 15 is 0 Å². The lowest BCUT2D eigenvalue weighted by molar-refractivity contribution is -0.116. The first kappa shape index (κ1) is 19.7. The Morgan fingerprint density at radius 1 is 1.14 bits per heavy atom. The number of nitrogens with one attached hydrogen (secondary N) is 1. The van der Waals surface area contributed by atoms with Crippen molar-refractivity contribution in [2.75, 3.05) is 43.1 Å². The number of carbonyl (C=O) groups is 2. The fourth-order valence-electron chi connectivity index (χ4n) is 3.69. The van der Waals surface area contributed by atoms with Crippen LogP contribution in [0.4, 0.5) is 11.4 Å². The fourth-order valence-corrected chi connectivity index (χ4v) is 4.05. The number of rotatable bonds is 5. The monoisotopic (exact) mass is 455 g/mol. The third-order valence-electron chi connectivity index (χ3n) is 5.19. The largest absolute Gasteiger partial charge is 0.378 e. The van der Waals surface area contributed by atoms with E-state index in [-0.39, 0.29) is 18.2 Å². The molecule has 0 saturated carbocycles. The normalized spacial score (nSPS) is 16.2. The topological polar surface area (TPSA) is 61.9 Å². The zero-order valence-electron chi connectivity index (χ0n) is 16.0. The lowest BCUT2D eigenvalue weighted by Gasteiger charge is -2.30. The van der Waals surface area contributed by atoms with E-state index in [2.05, 4.69) is 32.7 Å². The first-order chi connectivity index (χ1) is 14.0. The molecular weight excluding hydrogens is 434 g/mol. The Morgan fingerprint density at radius 2 is 1.86 bits per heavy atom. The van der Waals surface area contributed by atoms with Gasteiger partial charge in [0.2, 0.25) is 5.91 Å². The molecule has 0 atom stereocenters. The van der Waals surface area contributed by atoms with Crippen molar-refractivity contribution in [1.29, 1.82) is 0 Å². The molecular formula is C22H22BrN3O3. The Balaban J connectivity index is 1.42. The van der Waals surface area contributed by atoms with Crippen LogP contribution in [0.1, 0.15) is 22.3 Å². The summed E-state index contributed by atoms with van der Waals surface area (Å²) in [4.78, 5) is 29.0. The Morgan fingerprint density at radius 3 is 2.59 bits per heavy atom. The third kappa shape index (κ3) is 4.06. The van der Waals surface area contributed by atoms with Gasteiger partial charge in [-0.2, -0.15) is 0 Å². The zero-order valence-corrected chi connectivity index (χ0v) is 17.6. The molecule has 0 bridgehead atoms. The van der Waals surface area contributed by atoms with Gasteiger partial charge in [-0.1, -0.05) is 40.7 Å². The number of hydrogen-bond acceptors (Lipinski definition) is 4. The van der Waals surface area contributed by atoms with Crippen LogP contribution in [-0.4, -0.2) is 49.6 Å². The van der Waals surface area contributed by atoms with Gasteiger partial charge in [0.15, 0.2) is 0 Å². The number of benzene rings is 2. The number of hydrogen-bond donors (Lipinski definition) is 1. The predicted molar refractivity (Wildman–Crippen MR) is 117 cm³/mol. The Bertz CT molecular complexity index is 935. The molecule has 6 nitrogen and oxygen atoms in total. The summed E-state index contributed by atoms with van der Waals surface area (Å²) >= 11 is 3.48. The molecule has 29 heavy (non-hydrogen) atoms. The van der Waals surface area contributed by atoms with Crippen LogP contribution in [0, 0.1) is 0 Å². The zero-order chi connectivity index (χ0) is 20.4. The van der Waals surface area contributed by atoms with Crippen molar-refractivity contribution in [2.24, 2.45) is 0 Å². The number of fused-ring (bicyclic) bond motifs is 1. The van der Waals surface area contributed by atoms with Gasteiger partial charge in [-0.15, -0.1) is 0 Å². The predicted octanol–water partition coefficient (Wildman–Crippen LogP) is 3.74. The van der Waals surface area contributed by atoms with Gasteiger partial charge < -0.3 is 19.9 Å². The van der Waals surface area contributed by atoms with Gasteiger partial charge in [0.05, 0.1) is 24.6 Å². The molecule has 2 aliphatic heterocycles. The maximum Gasteiger partial charge on any atom is 0.258 e. The van der Waals surface area contributed by atoms with Gasteiger partial charge in [-0.25, -0.2) is 0 Å². The highest BCUT2D eigenvalue weighted by molar-refractivity contribution is 9.10. The summed E-state index contributed by atoms with van der Waals surface area (Å²) in [6.45, 7) is 7.22. The smallest absolute Gasteiger partial charge is 0.258 e. The third-order valence-corrected chi connectivity index (χ3v) is 5.68. The van der Waals surface area contributed by atoms with Crippen LogP contribution in [0.2, 0.25) is 0 Å². The van der Waals surface area contributed by atoms with Gasteiger partial charge in [0, 0.05) is 47.4 Å². The molecule has 1 N–H and O–H groups in total. The second kappa shape index (κ2) is 8.39. The summed E-state index contributed by atoms with van der Waals surface area (Å²) in [5.74, 6) is -0.246. The van der Waals surface area contributed by atoms with E-state index in [1.165, 1.54) is 0 Å². The summed E-state index contributed by atoms with van der Waals surface area (Å²) in [6, 6.07) is 13.2. The quantitative estimate of drug-likeness (QED) is 0.745. The summed E-state index contributed by atoms with van der Waals surface area (Å²) in [6.07, 6.45) is 0.188. The molecule has 2 aromatic carbocycles. The van der Waals surface area contributed by atoms with E-state index in [0.717, 1.165) is 34.5 Å². The minimum atomic E-state index is -0.144. The van der Waals surface area contributed by atoms with Crippen LogP contribution in [-0.2, 0) is 9.53 Å². The number of nitrogens with zero attached hydrogens (tertiary/aromatic N) is 2. The van der Waals surface area contributed by atoms with Crippen LogP contribution in [0.5, 0.6) is 0 Å². The van der Waals surface area contributed by atoms with Crippen molar-refractivity contribution in [3.8, 4) is 0 Å². The summed E-state index contributed by atoms with van der Waals surface area (Å²) in [5.41, 5.74) is 3.84. The minimum Gasteiger partial charge on any atom is -0.378 e. The molecule has 1 fully saturated rings. The lowest BCUT2D eigenvalue weighted by atomic mass is 10.1. The molecule has 0 unspecified atom stereocenters. The van der Waals surface area contributed by atoms with Crippen molar-refractivity contribution in [2.45, 2.75) is 6.42 Å². The summed E-state index contributed by atoms with van der Waals surface area (Å²) in [7, 11) is 0. The van der Waals surface area contributed by atoms with E-state index in [4.69, 9.17) is 4.74 Å². The lowest BCUT2D eigenvalue weighted by Crippen LogP contribution is -2.36. The highest BCUT2D eigenvalue weighted by atomic mass is 79.9. The molecule has 150 valence electrons. The second-order valence-corrected chi connectivity index (χ2v) is 7.92. The summed E-state index contributed by atoms with van der Waals surface area (Å²) < 4.78 is 6.32. The summed E-state index contributed by atoms with van der Waals surface area (Å²) in [5, 5.41) is 3.00. The van der Waals surface area contributed by atoms with Crippen molar-refractivity contribution in [3.63, 3.8) is 0 Å². The Hall–Kier alpha value is -2.64. The molecule has 0 radical (unpaired) electrons. The molecule has 7 heteroatoms. The van der Waals surface area contributed by atoms with E-state index < -0.39 is 0 Å². The molecule has 4 rings (SSSR count). The van der Waals surface area contributed by atoms with Gasteiger partial charge in [0.1, 0.15) is 0 Å². The van der Waals surface area contributed by atoms with E-state index in [1.807, 2.05) is 36.4 Å². The Kier molecular flexibility index (Phi) is 5.69. The van der Waals surface area contributed by atoms with E-state index in [1.54, 1.807) is 11.0 Å². The van der Waals surface area contributed by atoms with Gasteiger partial charge >= 0.3 is 0 Å². The molecule has 2 heterocycles. The Labute approximate surface area is 178 Å². The first-order valence-corrected chi connectivity index (χ1v) is 10.4. The average Bonchev–Trinajstić information content (AvgIpc) is 2.98. The number of morpholine rings is 1. The van der Waals surface area contributed by atoms with E-state index in [0.29, 0.717) is 31.0 Å². The van der Waals surface area contributed by atoms with Crippen molar-refractivity contribution < 1.29 is 14.3 Å². The molecule has 1 saturated heterocycles.